The minimum atomic E-state index is -0.741. The van der Waals surface area contributed by atoms with Gasteiger partial charge in [0.15, 0.2) is 0 Å². The van der Waals surface area contributed by atoms with E-state index in [2.05, 4.69) is 5.92 Å². The second-order valence-corrected chi connectivity index (χ2v) is 7.63. The molecule has 0 radical (unpaired) electrons. The Bertz CT molecular complexity index is 923. The van der Waals surface area contributed by atoms with Crippen molar-refractivity contribution in [1.82, 2.24) is 0 Å². The van der Waals surface area contributed by atoms with Crippen molar-refractivity contribution in [3.05, 3.63) is 83.9 Å². The van der Waals surface area contributed by atoms with E-state index in [1.165, 1.54) is 34.5 Å². The number of terminal acetylenes is 1. The highest BCUT2D eigenvalue weighted by molar-refractivity contribution is 5.81. The Labute approximate surface area is 207 Å². The molecular weight excluding hydrogens is 448 g/mol. The maximum absolute atomic E-state index is 11.7. The molecule has 5 atom stereocenters. The van der Waals surface area contributed by atoms with Gasteiger partial charge in [-0.05, 0) is 17.2 Å². The number of hydrogen-bond acceptors (Lipinski definition) is 7. The number of carbonyl (C=O) groups excluding carboxylic acids is 1. The van der Waals surface area contributed by atoms with Crippen LogP contribution in [0.2, 0.25) is 0 Å². The Hall–Kier alpha value is -2.99. The average molecular weight is 483 g/mol. The van der Waals surface area contributed by atoms with Crippen LogP contribution in [0.3, 0.4) is 0 Å². The van der Waals surface area contributed by atoms with Crippen molar-refractivity contribution >= 4 is 5.97 Å². The summed E-state index contributed by atoms with van der Waals surface area (Å²) in [6, 6.07) is 19.4. The van der Waals surface area contributed by atoms with Crippen LogP contribution >= 0.6 is 0 Å². The maximum Gasteiger partial charge on any atom is 0.330 e. The Morgan fingerprint density at radius 1 is 0.800 bits per heavy atom. The van der Waals surface area contributed by atoms with Crippen LogP contribution in [-0.2, 0) is 46.4 Å². The topological polar surface area (TPSA) is 72.5 Å². The van der Waals surface area contributed by atoms with Gasteiger partial charge in [0.1, 0.15) is 30.5 Å². The predicted molar refractivity (Wildman–Crippen MR) is 132 cm³/mol. The molecule has 0 heterocycles. The van der Waals surface area contributed by atoms with E-state index < -0.39 is 36.5 Å². The summed E-state index contributed by atoms with van der Waals surface area (Å²) in [6.07, 6.45) is 5.18. The minimum absolute atomic E-state index is 0.277. The molecule has 2 rings (SSSR count). The Morgan fingerprint density at radius 3 is 1.80 bits per heavy atom. The first-order valence-corrected chi connectivity index (χ1v) is 11.2. The first-order chi connectivity index (χ1) is 17.1. The van der Waals surface area contributed by atoms with Crippen LogP contribution in [0, 0.1) is 12.3 Å². The lowest BCUT2D eigenvalue weighted by Gasteiger charge is -2.36. The van der Waals surface area contributed by atoms with Gasteiger partial charge in [-0.25, -0.2) is 4.79 Å². The van der Waals surface area contributed by atoms with Gasteiger partial charge >= 0.3 is 5.97 Å². The molecule has 2 aromatic rings. The SMILES string of the molecule is C#C[C@@H](OCc1ccccc1)[C@@H](OC)[C@@H](OC)[C@H](OCc1ccccc1)[C@@H](/C=C\C(=O)OC)OC. The number of rotatable bonds is 15. The fraction of sp³-hybridized carbons (Fsp3) is 0.393. The molecule has 0 aliphatic carbocycles. The van der Waals surface area contributed by atoms with E-state index in [0.717, 1.165) is 11.1 Å². The van der Waals surface area contributed by atoms with Crippen molar-refractivity contribution in [2.75, 3.05) is 28.4 Å². The van der Waals surface area contributed by atoms with Crippen LogP contribution in [0.4, 0.5) is 0 Å². The molecule has 0 bridgehead atoms. The molecular formula is C28H34O7. The van der Waals surface area contributed by atoms with Crippen molar-refractivity contribution in [3.8, 4) is 12.3 Å². The van der Waals surface area contributed by atoms with Gasteiger partial charge in [0.25, 0.3) is 0 Å². The highest BCUT2D eigenvalue weighted by Crippen LogP contribution is 2.23. The molecule has 0 saturated carbocycles. The summed E-state index contributed by atoms with van der Waals surface area (Å²) in [5.74, 6) is 2.15. The number of benzene rings is 2. The van der Waals surface area contributed by atoms with Crippen LogP contribution in [0.15, 0.2) is 72.8 Å². The molecule has 0 amide bonds. The van der Waals surface area contributed by atoms with E-state index in [9.17, 15) is 4.79 Å². The molecule has 0 saturated heterocycles. The third-order valence-corrected chi connectivity index (χ3v) is 5.43. The van der Waals surface area contributed by atoms with Gasteiger partial charge in [0.05, 0.1) is 20.3 Å². The fourth-order valence-corrected chi connectivity index (χ4v) is 3.59. The molecule has 7 heteroatoms. The molecule has 0 fully saturated rings. The summed E-state index contributed by atoms with van der Waals surface area (Å²) in [5.41, 5.74) is 1.94. The number of hydrogen-bond donors (Lipinski definition) is 0. The van der Waals surface area contributed by atoms with Crippen molar-refractivity contribution in [1.29, 1.82) is 0 Å². The van der Waals surface area contributed by atoms with E-state index in [0.29, 0.717) is 6.61 Å². The summed E-state index contributed by atoms with van der Waals surface area (Å²) in [6.45, 7) is 0.580. The minimum Gasteiger partial charge on any atom is -0.466 e. The first kappa shape index (κ1) is 28.2. The first-order valence-electron chi connectivity index (χ1n) is 11.2. The van der Waals surface area contributed by atoms with Crippen LogP contribution in [0.5, 0.6) is 0 Å². The summed E-state index contributed by atoms with van der Waals surface area (Å²) in [7, 11) is 5.90. The molecule has 0 aliphatic heterocycles. The molecule has 188 valence electrons. The lowest BCUT2D eigenvalue weighted by Crippen LogP contribution is -2.52. The highest BCUT2D eigenvalue weighted by Gasteiger charge is 2.40. The Morgan fingerprint density at radius 2 is 1.34 bits per heavy atom. The average Bonchev–Trinajstić information content (AvgIpc) is 2.91. The van der Waals surface area contributed by atoms with Gasteiger partial charge < -0.3 is 28.4 Å². The third-order valence-electron chi connectivity index (χ3n) is 5.43. The standard InChI is InChI=1S/C28H34O7/c1-6-23(34-19-21-13-9-7-10-14-21)26(32-4)28(33-5)27(24(30-2)17-18-25(29)31-3)35-20-22-15-11-8-12-16-22/h1,7-18,23-24,26-28H,19-20H2,2-5H3/b18-17-/t23-,24-,26-,27-,28-/m1/s1. The smallest absolute Gasteiger partial charge is 0.330 e. The molecule has 2 aromatic carbocycles. The third kappa shape index (κ3) is 8.95. The lowest BCUT2D eigenvalue weighted by molar-refractivity contribution is -0.175. The molecule has 0 spiro atoms. The molecule has 0 aromatic heterocycles. The van der Waals surface area contributed by atoms with E-state index >= 15 is 0 Å². The second-order valence-electron chi connectivity index (χ2n) is 7.63. The number of methoxy groups -OCH3 is 4. The van der Waals surface area contributed by atoms with Crippen molar-refractivity contribution in [3.63, 3.8) is 0 Å². The van der Waals surface area contributed by atoms with Crippen molar-refractivity contribution in [2.24, 2.45) is 0 Å². The highest BCUT2D eigenvalue weighted by atomic mass is 16.6. The van der Waals surface area contributed by atoms with E-state index in [-0.39, 0.29) is 6.61 Å². The summed E-state index contributed by atoms with van der Waals surface area (Å²) in [4.78, 5) is 11.7. The molecule has 7 nitrogen and oxygen atoms in total. The van der Waals surface area contributed by atoms with Crippen LogP contribution in [0.25, 0.3) is 0 Å². The van der Waals surface area contributed by atoms with Crippen molar-refractivity contribution < 1.29 is 33.2 Å². The van der Waals surface area contributed by atoms with Gasteiger partial charge in [0.2, 0.25) is 0 Å². The molecule has 0 N–H and O–H groups in total. The van der Waals surface area contributed by atoms with Crippen molar-refractivity contribution in [2.45, 2.75) is 43.7 Å². The van der Waals surface area contributed by atoms with Crippen LogP contribution in [0.1, 0.15) is 11.1 Å². The van der Waals surface area contributed by atoms with Gasteiger partial charge in [-0.3, -0.25) is 0 Å². The maximum atomic E-state index is 11.7. The zero-order valence-corrected chi connectivity index (χ0v) is 20.7. The van der Waals surface area contributed by atoms with Crippen LogP contribution < -0.4 is 0 Å². The normalized spacial score (nSPS) is 15.6. The summed E-state index contributed by atoms with van der Waals surface area (Å²) >= 11 is 0. The van der Waals surface area contributed by atoms with Gasteiger partial charge in [0, 0.05) is 27.4 Å². The monoisotopic (exact) mass is 482 g/mol. The largest absolute Gasteiger partial charge is 0.466 e. The molecule has 0 unspecified atom stereocenters. The number of ether oxygens (including phenoxy) is 6. The Balaban J connectivity index is 2.30. The van der Waals surface area contributed by atoms with Crippen LogP contribution in [-0.4, -0.2) is 64.9 Å². The van der Waals surface area contributed by atoms with Gasteiger partial charge in [-0.15, -0.1) is 6.42 Å². The number of esters is 1. The lowest BCUT2D eigenvalue weighted by atomic mass is 9.97. The fourth-order valence-electron chi connectivity index (χ4n) is 3.59. The van der Waals surface area contributed by atoms with Gasteiger partial charge in [-0.2, -0.15) is 0 Å². The number of carbonyl (C=O) groups is 1. The predicted octanol–water partition coefficient (Wildman–Crippen LogP) is 3.56. The Kier molecular flexibility index (Phi) is 12.8. The zero-order chi connectivity index (χ0) is 25.5. The van der Waals surface area contributed by atoms with Gasteiger partial charge in [-0.1, -0.05) is 66.6 Å². The second kappa shape index (κ2) is 15.8. The van der Waals surface area contributed by atoms with E-state index in [4.69, 9.17) is 34.8 Å². The summed E-state index contributed by atoms with van der Waals surface area (Å²) in [5, 5.41) is 0. The summed E-state index contributed by atoms with van der Waals surface area (Å²) < 4.78 is 34.3. The molecule has 35 heavy (non-hydrogen) atoms. The molecule has 0 aliphatic rings. The van der Waals surface area contributed by atoms with E-state index in [1.54, 1.807) is 6.08 Å². The van der Waals surface area contributed by atoms with E-state index in [1.807, 2.05) is 60.7 Å². The quantitative estimate of drug-likeness (QED) is 0.218. The zero-order valence-electron chi connectivity index (χ0n) is 20.7.